The van der Waals surface area contributed by atoms with E-state index in [-0.39, 0.29) is 6.03 Å². The van der Waals surface area contributed by atoms with Crippen LogP contribution < -0.4 is 4.90 Å². The molecule has 2 amide bonds. The van der Waals surface area contributed by atoms with Gasteiger partial charge in [0.05, 0.1) is 0 Å². The van der Waals surface area contributed by atoms with Crippen molar-refractivity contribution in [3.63, 3.8) is 0 Å². The van der Waals surface area contributed by atoms with Crippen LogP contribution in [0.3, 0.4) is 0 Å². The van der Waals surface area contributed by atoms with Gasteiger partial charge >= 0.3 is 12.0 Å². The molecule has 5 nitrogen and oxygen atoms in total. The van der Waals surface area contributed by atoms with Gasteiger partial charge in [-0.3, -0.25) is 4.90 Å². The molecule has 0 aliphatic carbocycles. The highest BCUT2D eigenvalue weighted by Gasteiger charge is 2.39. The lowest BCUT2D eigenvalue weighted by Crippen LogP contribution is -2.48. The number of anilines is 1. The second-order valence-electron chi connectivity index (χ2n) is 5.47. The van der Waals surface area contributed by atoms with E-state index in [9.17, 15) is 14.7 Å². The van der Waals surface area contributed by atoms with E-state index in [1.54, 1.807) is 11.9 Å². The Morgan fingerprint density at radius 3 is 2.71 bits per heavy atom. The minimum absolute atomic E-state index is 0.233. The van der Waals surface area contributed by atoms with Crippen molar-refractivity contribution < 1.29 is 14.7 Å². The molecule has 0 unspecified atom stereocenters. The van der Waals surface area contributed by atoms with E-state index in [0.717, 1.165) is 30.5 Å². The number of carboxylic acids is 1. The Balaban J connectivity index is 2.18. The number of para-hydroxylation sites is 1. The van der Waals surface area contributed by atoms with Crippen molar-refractivity contribution >= 4 is 17.7 Å². The normalized spacial score (nSPS) is 16.7. The minimum atomic E-state index is -0.957. The zero-order valence-corrected chi connectivity index (χ0v) is 12.6. The van der Waals surface area contributed by atoms with Gasteiger partial charge in [0.2, 0.25) is 0 Å². The zero-order chi connectivity index (χ0) is 15.4. The first kappa shape index (κ1) is 15.4. The van der Waals surface area contributed by atoms with Gasteiger partial charge in [0.15, 0.2) is 0 Å². The van der Waals surface area contributed by atoms with Crippen molar-refractivity contribution in [2.24, 2.45) is 0 Å². The van der Waals surface area contributed by atoms with Crippen molar-refractivity contribution in [1.29, 1.82) is 0 Å². The van der Waals surface area contributed by atoms with Crippen LogP contribution in [0.2, 0.25) is 0 Å². The van der Waals surface area contributed by atoms with Gasteiger partial charge in [-0.25, -0.2) is 9.59 Å². The Morgan fingerprint density at radius 1 is 1.33 bits per heavy atom. The minimum Gasteiger partial charge on any atom is -0.480 e. The number of hydrogen-bond donors (Lipinski definition) is 1. The number of hydrogen-bond acceptors (Lipinski definition) is 2. The van der Waals surface area contributed by atoms with Gasteiger partial charge < -0.3 is 10.0 Å². The SMILES string of the molecule is CCCCCN(C)C(=O)N1c2ccccc2C[C@H]1C(=O)O. The van der Waals surface area contributed by atoms with Crippen LogP contribution >= 0.6 is 0 Å². The van der Waals surface area contributed by atoms with Crippen LogP contribution in [0.1, 0.15) is 31.7 Å². The molecule has 0 saturated carbocycles. The van der Waals surface area contributed by atoms with E-state index < -0.39 is 12.0 Å². The van der Waals surface area contributed by atoms with E-state index in [4.69, 9.17) is 0 Å². The second-order valence-corrected chi connectivity index (χ2v) is 5.47. The second kappa shape index (κ2) is 6.61. The van der Waals surface area contributed by atoms with Gasteiger partial charge in [-0.1, -0.05) is 38.0 Å². The molecule has 1 aliphatic heterocycles. The van der Waals surface area contributed by atoms with Crippen molar-refractivity contribution in [2.45, 2.75) is 38.6 Å². The lowest BCUT2D eigenvalue weighted by Gasteiger charge is -2.28. The molecule has 0 bridgehead atoms. The number of benzene rings is 1. The zero-order valence-electron chi connectivity index (χ0n) is 12.6. The quantitative estimate of drug-likeness (QED) is 0.848. The number of carbonyl (C=O) groups is 2. The number of rotatable bonds is 5. The summed E-state index contributed by atoms with van der Waals surface area (Å²) in [5, 5.41) is 9.39. The predicted octanol–water partition coefficient (Wildman–Crippen LogP) is 2.74. The first-order chi connectivity index (χ1) is 10.1. The largest absolute Gasteiger partial charge is 0.480 e. The average molecular weight is 290 g/mol. The van der Waals surface area contributed by atoms with Gasteiger partial charge in [-0.05, 0) is 18.1 Å². The first-order valence-corrected chi connectivity index (χ1v) is 7.41. The van der Waals surface area contributed by atoms with Crippen molar-refractivity contribution in [3.05, 3.63) is 29.8 Å². The van der Waals surface area contributed by atoms with E-state index >= 15 is 0 Å². The predicted molar refractivity (Wildman–Crippen MR) is 81.6 cm³/mol. The van der Waals surface area contributed by atoms with E-state index in [0.29, 0.717) is 13.0 Å². The molecule has 5 heteroatoms. The summed E-state index contributed by atoms with van der Waals surface area (Å²) < 4.78 is 0. The summed E-state index contributed by atoms with van der Waals surface area (Å²) in [5.74, 6) is -0.957. The van der Waals surface area contributed by atoms with Crippen LogP contribution in [0.4, 0.5) is 10.5 Å². The van der Waals surface area contributed by atoms with Gasteiger partial charge in [0.1, 0.15) is 6.04 Å². The molecular weight excluding hydrogens is 268 g/mol. The summed E-state index contributed by atoms with van der Waals surface area (Å²) >= 11 is 0. The fourth-order valence-corrected chi connectivity index (χ4v) is 2.70. The van der Waals surface area contributed by atoms with Crippen LogP contribution in [0.25, 0.3) is 0 Å². The first-order valence-electron chi connectivity index (χ1n) is 7.41. The molecule has 0 saturated heterocycles. The maximum Gasteiger partial charge on any atom is 0.327 e. The van der Waals surface area contributed by atoms with Crippen LogP contribution in [-0.2, 0) is 11.2 Å². The lowest BCUT2D eigenvalue weighted by molar-refractivity contribution is -0.138. The maximum atomic E-state index is 12.6. The summed E-state index contributed by atoms with van der Waals surface area (Å²) in [4.78, 5) is 27.1. The number of urea groups is 1. The van der Waals surface area contributed by atoms with Crippen molar-refractivity contribution in [3.8, 4) is 0 Å². The standard InChI is InChI=1S/C16H22N2O3/c1-3-4-7-10-17(2)16(21)18-13-9-6-5-8-12(13)11-14(18)15(19)20/h5-6,8-9,14H,3-4,7,10-11H2,1-2H3,(H,19,20)/t14-/m0/s1. The van der Waals surface area contributed by atoms with E-state index in [1.165, 1.54) is 4.90 Å². The molecule has 0 spiro atoms. The van der Waals surface area contributed by atoms with E-state index in [1.807, 2.05) is 24.3 Å². The van der Waals surface area contributed by atoms with Gasteiger partial charge in [-0.2, -0.15) is 0 Å². The molecule has 2 rings (SSSR count). The van der Waals surface area contributed by atoms with Crippen molar-refractivity contribution in [2.75, 3.05) is 18.5 Å². The van der Waals surface area contributed by atoms with Gasteiger partial charge in [-0.15, -0.1) is 0 Å². The molecule has 0 fully saturated rings. The molecular formula is C16H22N2O3. The van der Waals surface area contributed by atoms with Crippen molar-refractivity contribution in [1.82, 2.24) is 4.90 Å². The Morgan fingerprint density at radius 2 is 2.05 bits per heavy atom. The molecule has 1 atom stereocenters. The summed E-state index contributed by atoms with van der Waals surface area (Å²) in [7, 11) is 1.73. The fraction of sp³-hybridized carbons (Fsp3) is 0.500. The van der Waals surface area contributed by atoms with Crippen LogP contribution in [-0.4, -0.2) is 41.6 Å². The van der Waals surface area contributed by atoms with Gasteiger partial charge in [0.25, 0.3) is 0 Å². The summed E-state index contributed by atoms with van der Waals surface area (Å²) in [6, 6.07) is 6.37. The molecule has 1 N–H and O–H groups in total. The van der Waals surface area contributed by atoms with Crippen LogP contribution in [0, 0.1) is 0 Å². The molecule has 1 aromatic rings. The third-order valence-corrected chi connectivity index (χ3v) is 3.89. The monoisotopic (exact) mass is 290 g/mol. The summed E-state index contributed by atoms with van der Waals surface area (Å²) in [6.45, 7) is 2.76. The Hall–Kier alpha value is -2.04. The third-order valence-electron chi connectivity index (χ3n) is 3.89. The topological polar surface area (TPSA) is 60.9 Å². The molecule has 1 aliphatic rings. The molecule has 114 valence electrons. The number of fused-ring (bicyclic) bond motifs is 1. The highest BCUT2D eigenvalue weighted by molar-refractivity contribution is 6.00. The number of nitrogens with zero attached hydrogens (tertiary/aromatic N) is 2. The maximum absolute atomic E-state index is 12.6. The average Bonchev–Trinajstić information content (AvgIpc) is 2.86. The molecule has 1 aromatic carbocycles. The Labute approximate surface area is 125 Å². The highest BCUT2D eigenvalue weighted by Crippen LogP contribution is 2.32. The third kappa shape index (κ3) is 3.17. The number of carbonyl (C=O) groups excluding carboxylic acids is 1. The van der Waals surface area contributed by atoms with E-state index in [2.05, 4.69) is 6.92 Å². The Kier molecular flexibility index (Phi) is 4.83. The van der Waals surface area contributed by atoms with Crippen LogP contribution in [0.15, 0.2) is 24.3 Å². The fourth-order valence-electron chi connectivity index (χ4n) is 2.70. The number of aliphatic carboxylic acids is 1. The lowest BCUT2D eigenvalue weighted by atomic mass is 10.1. The van der Waals surface area contributed by atoms with Crippen LogP contribution in [0.5, 0.6) is 0 Å². The molecule has 0 aromatic heterocycles. The smallest absolute Gasteiger partial charge is 0.327 e. The summed E-state index contributed by atoms with van der Waals surface area (Å²) in [5.41, 5.74) is 1.64. The number of unbranched alkanes of at least 4 members (excludes halogenated alkanes) is 2. The molecule has 21 heavy (non-hydrogen) atoms. The van der Waals surface area contributed by atoms with Gasteiger partial charge in [0, 0.05) is 25.7 Å². The Bertz CT molecular complexity index is 530. The summed E-state index contributed by atoms with van der Waals surface area (Å²) in [6.07, 6.45) is 3.47. The number of carboxylic acid groups (broad SMARTS) is 1. The molecule has 1 heterocycles. The molecule has 0 radical (unpaired) electrons. The highest BCUT2D eigenvalue weighted by atomic mass is 16.4. The number of amides is 2.